The van der Waals surface area contributed by atoms with Gasteiger partial charge in [-0.2, -0.15) is 11.8 Å². The van der Waals surface area contributed by atoms with E-state index in [0.717, 1.165) is 28.5 Å². The maximum Gasteiger partial charge on any atom is 0.238 e. The zero-order valence-corrected chi connectivity index (χ0v) is 11.9. The lowest BCUT2D eigenvalue weighted by molar-refractivity contribution is -0.115. The number of hydrogen-bond acceptors (Lipinski definition) is 3. The second-order valence-corrected chi connectivity index (χ2v) is 6.78. The maximum absolute atomic E-state index is 12.0. The molecule has 0 aromatic heterocycles. The van der Waals surface area contributed by atoms with Gasteiger partial charge in [0.1, 0.15) is 0 Å². The molecule has 0 bridgehead atoms. The number of hydrogen-bond donors (Lipinski definition) is 1. The molecule has 1 aromatic carbocycles. The first-order valence-corrected chi connectivity index (χ1v) is 8.01. The van der Waals surface area contributed by atoms with E-state index in [2.05, 4.69) is 5.32 Å². The molecule has 1 amide bonds. The maximum atomic E-state index is 12.0. The Bertz CT molecular complexity index is 419. The summed E-state index contributed by atoms with van der Waals surface area (Å²) in [5.41, 5.74) is 1.86. The molecule has 1 aliphatic rings. The molecule has 1 N–H and O–H groups in total. The topological polar surface area (TPSA) is 29.1 Å². The minimum Gasteiger partial charge on any atom is -0.325 e. The Kier molecular flexibility index (Phi) is 4.65. The van der Waals surface area contributed by atoms with Crippen molar-refractivity contribution in [2.75, 3.05) is 22.6 Å². The predicted molar refractivity (Wildman–Crippen MR) is 78.4 cm³/mol. The number of aryl methyl sites for hydroxylation is 1. The molecule has 0 saturated carbocycles. The first-order chi connectivity index (χ1) is 8.16. The van der Waals surface area contributed by atoms with Crippen LogP contribution in [-0.2, 0) is 4.79 Å². The van der Waals surface area contributed by atoms with Crippen molar-refractivity contribution in [2.24, 2.45) is 0 Å². The van der Waals surface area contributed by atoms with E-state index in [9.17, 15) is 4.79 Å². The molecule has 2 rings (SSSR count). The van der Waals surface area contributed by atoms with Crippen molar-refractivity contribution < 1.29 is 4.79 Å². The molecule has 17 heavy (non-hydrogen) atoms. The second kappa shape index (κ2) is 6.03. The van der Waals surface area contributed by atoms with Crippen LogP contribution in [0.5, 0.6) is 0 Å². The van der Waals surface area contributed by atoms with Gasteiger partial charge in [0.2, 0.25) is 5.91 Å². The summed E-state index contributed by atoms with van der Waals surface area (Å²) in [6.07, 6.45) is 0. The summed E-state index contributed by atoms with van der Waals surface area (Å²) >= 11 is 9.47. The van der Waals surface area contributed by atoms with Gasteiger partial charge in [0.25, 0.3) is 0 Å². The van der Waals surface area contributed by atoms with Crippen molar-refractivity contribution in [2.45, 2.75) is 12.2 Å². The summed E-state index contributed by atoms with van der Waals surface area (Å²) in [5.74, 6) is 3.22. The van der Waals surface area contributed by atoms with Gasteiger partial charge in [-0.3, -0.25) is 4.79 Å². The van der Waals surface area contributed by atoms with Gasteiger partial charge in [-0.1, -0.05) is 11.6 Å². The molecule has 1 aliphatic heterocycles. The SMILES string of the molecule is Cc1cc(Cl)ccc1NC(=O)C1CSCCS1. The number of carbonyl (C=O) groups is 1. The fourth-order valence-electron chi connectivity index (χ4n) is 1.62. The van der Waals surface area contributed by atoms with E-state index >= 15 is 0 Å². The smallest absolute Gasteiger partial charge is 0.238 e. The molecule has 0 radical (unpaired) electrons. The van der Waals surface area contributed by atoms with E-state index in [4.69, 9.17) is 11.6 Å². The van der Waals surface area contributed by atoms with E-state index < -0.39 is 0 Å². The number of benzene rings is 1. The molecule has 1 atom stereocenters. The largest absolute Gasteiger partial charge is 0.325 e. The van der Waals surface area contributed by atoms with Crippen molar-refractivity contribution in [1.29, 1.82) is 0 Å². The van der Waals surface area contributed by atoms with Crippen molar-refractivity contribution in [3.8, 4) is 0 Å². The van der Waals surface area contributed by atoms with Crippen LogP contribution in [0.15, 0.2) is 18.2 Å². The fraction of sp³-hybridized carbons (Fsp3) is 0.417. The zero-order valence-electron chi connectivity index (χ0n) is 9.53. The lowest BCUT2D eigenvalue weighted by atomic mass is 10.2. The Balaban J connectivity index is 2.02. The number of rotatable bonds is 2. The van der Waals surface area contributed by atoms with Gasteiger partial charge in [0, 0.05) is 28.0 Å². The first-order valence-electron chi connectivity index (χ1n) is 5.43. The molecule has 5 heteroatoms. The zero-order chi connectivity index (χ0) is 12.3. The lowest BCUT2D eigenvalue weighted by Crippen LogP contribution is -2.30. The van der Waals surface area contributed by atoms with Crippen LogP contribution in [0, 0.1) is 6.92 Å². The Morgan fingerprint density at radius 2 is 2.29 bits per heavy atom. The Morgan fingerprint density at radius 3 is 2.94 bits per heavy atom. The number of nitrogens with one attached hydrogen (secondary N) is 1. The molecule has 1 saturated heterocycles. The van der Waals surface area contributed by atoms with Gasteiger partial charge in [0.15, 0.2) is 0 Å². The Morgan fingerprint density at radius 1 is 1.47 bits per heavy atom. The summed E-state index contributed by atoms with van der Waals surface area (Å²) in [4.78, 5) is 12.0. The molecule has 2 nitrogen and oxygen atoms in total. The van der Waals surface area contributed by atoms with Gasteiger partial charge in [-0.25, -0.2) is 0 Å². The molecular formula is C12H14ClNOS2. The van der Waals surface area contributed by atoms with Gasteiger partial charge in [0.05, 0.1) is 5.25 Å². The number of thioether (sulfide) groups is 2. The van der Waals surface area contributed by atoms with E-state index in [1.807, 2.05) is 30.8 Å². The fourth-order valence-corrected chi connectivity index (χ4v) is 4.40. The summed E-state index contributed by atoms with van der Waals surface area (Å²) in [7, 11) is 0. The highest BCUT2D eigenvalue weighted by Gasteiger charge is 2.22. The quantitative estimate of drug-likeness (QED) is 0.903. The third-order valence-electron chi connectivity index (χ3n) is 2.55. The van der Waals surface area contributed by atoms with Crippen LogP contribution in [0.25, 0.3) is 0 Å². The van der Waals surface area contributed by atoms with Gasteiger partial charge in [-0.15, -0.1) is 11.8 Å². The monoisotopic (exact) mass is 287 g/mol. The van der Waals surface area contributed by atoms with E-state index in [1.165, 1.54) is 0 Å². The molecule has 1 unspecified atom stereocenters. The highest BCUT2D eigenvalue weighted by molar-refractivity contribution is 8.07. The first kappa shape index (κ1) is 13.1. The third-order valence-corrected chi connectivity index (χ3v) is 5.54. The molecule has 0 aliphatic carbocycles. The average molecular weight is 288 g/mol. The van der Waals surface area contributed by atoms with Gasteiger partial charge < -0.3 is 5.32 Å². The summed E-state index contributed by atoms with van der Waals surface area (Å²) < 4.78 is 0. The number of halogens is 1. The highest BCUT2D eigenvalue weighted by atomic mass is 35.5. The minimum atomic E-state index is 0.0730. The van der Waals surface area contributed by atoms with Crippen molar-refractivity contribution in [1.82, 2.24) is 0 Å². The standard InChI is InChI=1S/C12H14ClNOS2/c1-8-6-9(13)2-3-10(8)14-12(15)11-7-16-4-5-17-11/h2-3,6,11H,4-5,7H2,1H3,(H,14,15). The van der Waals surface area contributed by atoms with Crippen LogP contribution in [0.1, 0.15) is 5.56 Å². The van der Waals surface area contributed by atoms with Crippen molar-refractivity contribution in [3.63, 3.8) is 0 Å². The summed E-state index contributed by atoms with van der Waals surface area (Å²) in [6.45, 7) is 1.95. The highest BCUT2D eigenvalue weighted by Crippen LogP contribution is 2.26. The van der Waals surface area contributed by atoms with E-state index in [1.54, 1.807) is 17.8 Å². The minimum absolute atomic E-state index is 0.0730. The van der Waals surface area contributed by atoms with Crippen LogP contribution in [-0.4, -0.2) is 28.4 Å². The van der Waals surface area contributed by atoms with Crippen LogP contribution < -0.4 is 5.32 Å². The number of carbonyl (C=O) groups excluding carboxylic acids is 1. The number of anilines is 1. The van der Waals surface area contributed by atoms with Crippen LogP contribution in [0.4, 0.5) is 5.69 Å². The van der Waals surface area contributed by atoms with E-state index in [-0.39, 0.29) is 11.2 Å². The Hall–Kier alpha value is -0.320. The summed E-state index contributed by atoms with van der Waals surface area (Å²) in [6, 6.07) is 5.52. The van der Waals surface area contributed by atoms with Crippen LogP contribution in [0.3, 0.4) is 0 Å². The van der Waals surface area contributed by atoms with Gasteiger partial charge in [-0.05, 0) is 30.7 Å². The lowest BCUT2D eigenvalue weighted by Gasteiger charge is -2.20. The molecule has 1 fully saturated rings. The van der Waals surface area contributed by atoms with E-state index in [0.29, 0.717) is 5.02 Å². The predicted octanol–water partition coefficient (Wildman–Crippen LogP) is 3.44. The molecule has 0 spiro atoms. The van der Waals surface area contributed by atoms with Crippen molar-refractivity contribution in [3.05, 3.63) is 28.8 Å². The average Bonchev–Trinajstić information content (AvgIpc) is 2.34. The molecule has 1 heterocycles. The van der Waals surface area contributed by atoms with Crippen LogP contribution in [0.2, 0.25) is 5.02 Å². The molecule has 92 valence electrons. The Labute approximate surface area is 115 Å². The molecular weight excluding hydrogens is 274 g/mol. The van der Waals surface area contributed by atoms with Crippen molar-refractivity contribution >= 4 is 46.7 Å². The van der Waals surface area contributed by atoms with Crippen LogP contribution >= 0.6 is 35.1 Å². The third kappa shape index (κ3) is 3.57. The summed E-state index contributed by atoms with van der Waals surface area (Å²) in [5, 5.41) is 3.75. The number of amides is 1. The van der Waals surface area contributed by atoms with Gasteiger partial charge >= 0.3 is 0 Å². The molecule has 1 aromatic rings. The second-order valence-electron chi connectivity index (χ2n) is 3.88. The normalized spacial score (nSPS) is 20.0.